The third-order valence-electron chi connectivity index (χ3n) is 4.47. The number of hydrogen-bond donors (Lipinski definition) is 1. The van der Waals surface area contributed by atoms with Crippen LogP contribution in [-0.4, -0.2) is 43.5 Å². The molecule has 1 aliphatic heterocycles. The number of piperazine rings is 1. The largest absolute Gasteiger partial charge is 0.368 e. The topological polar surface area (TPSA) is 35.6 Å². The number of carbonyl (C=O) groups is 1. The molecule has 1 aliphatic rings. The molecule has 2 aromatic rings. The Labute approximate surface area is 161 Å². The lowest BCUT2D eigenvalue weighted by atomic mass is 10.2. The van der Waals surface area contributed by atoms with Gasteiger partial charge in [0, 0.05) is 41.9 Å². The summed E-state index contributed by atoms with van der Waals surface area (Å²) in [5.41, 5.74) is 2.34. The van der Waals surface area contributed by atoms with Crippen LogP contribution in [0.3, 0.4) is 0 Å². The first-order valence-corrected chi connectivity index (χ1v) is 9.57. The van der Waals surface area contributed by atoms with E-state index in [-0.39, 0.29) is 5.91 Å². The standard InChI is InChI=1S/C19H21BrClN3O/c1-2-23-9-11-24(12-10-23)18-8-7-16(13-17(18)21)22-19(25)14-3-5-15(20)6-4-14/h3-8,13H,2,9-12H2,1H3,(H,22,25). The Morgan fingerprint density at radius 2 is 1.80 bits per heavy atom. The van der Waals surface area contributed by atoms with E-state index in [1.165, 1.54) is 0 Å². The van der Waals surface area contributed by atoms with E-state index in [1.54, 1.807) is 12.1 Å². The number of benzene rings is 2. The monoisotopic (exact) mass is 421 g/mol. The third kappa shape index (κ3) is 4.54. The highest BCUT2D eigenvalue weighted by atomic mass is 79.9. The molecule has 1 amide bonds. The molecule has 3 rings (SSSR count). The summed E-state index contributed by atoms with van der Waals surface area (Å²) in [6.07, 6.45) is 0. The molecule has 0 radical (unpaired) electrons. The maximum Gasteiger partial charge on any atom is 0.255 e. The SMILES string of the molecule is CCN1CCN(c2ccc(NC(=O)c3ccc(Br)cc3)cc2Cl)CC1. The van der Waals surface area contributed by atoms with Crippen molar-refractivity contribution in [1.82, 2.24) is 4.90 Å². The number of nitrogens with zero attached hydrogens (tertiary/aromatic N) is 2. The van der Waals surface area contributed by atoms with E-state index in [9.17, 15) is 4.79 Å². The third-order valence-corrected chi connectivity index (χ3v) is 5.30. The number of carbonyl (C=O) groups excluding carboxylic acids is 1. The number of amides is 1. The van der Waals surface area contributed by atoms with Crippen molar-refractivity contribution in [2.75, 3.05) is 42.9 Å². The number of hydrogen-bond acceptors (Lipinski definition) is 3. The lowest BCUT2D eigenvalue weighted by molar-refractivity contribution is 0.102. The van der Waals surface area contributed by atoms with Crippen molar-refractivity contribution in [2.45, 2.75) is 6.92 Å². The summed E-state index contributed by atoms with van der Waals surface area (Å²) in [4.78, 5) is 17.0. The predicted octanol–water partition coefficient (Wildman–Crippen LogP) is 4.50. The second kappa shape index (κ2) is 8.21. The Morgan fingerprint density at radius 1 is 1.12 bits per heavy atom. The van der Waals surface area contributed by atoms with Crippen LogP contribution in [0.5, 0.6) is 0 Å². The van der Waals surface area contributed by atoms with Gasteiger partial charge >= 0.3 is 0 Å². The minimum atomic E-state index is -0.145. The fourth-order valence-electron chi connectivity index (χ4n) is 2.95. The first-order chi connectivity index (χ1) is 12.1. The zero-order chi connectivity index (χ0) is 17.8. The summed E-state index contributed by atoms with van der Waals surface area (Å²) in [6, 6.07) is 13.0. The fourth-order valence-corrected chi connectivity index (χ4v) is 3.52. The van der Waals surface area contributed by atoms with Crippen LogP contribution < -0.4 is 10.2 Å². The van der Waals surface area contributed by atoms with Gasteiger partial charge in [-0.15, -0.1) is 0 Å². The molecule has 1 N–H and O–H groups in total. The van der Waals surface area contributed by atoms with Gasteiger partial charge in [-0.25, -0.2) is 0 Å². The summed E-state index contributed by atoms with van der Waals surface area (Å²) in [6.45, 7) is 7.31. The van der Waals surface area contributed by atoms with Crippen LogP contribution in [-0.2, 0) is 0 Å². The molecule has 1 saturated heterocycles. The van der Waals surface area contributed by atoms with Crippen molar-refractivity contribution >= 4 is 44.8 Å². The van der Waals surface area contributed by atoms with Crippen LogP contribution >= 0.6 is 27.5 Å². The molecule has 132 valence electrons. The maximum absolute atomic E-state index is 12.3. The van der Waals surface area contributed by atoms with Gasteiger partial charge in [0.15, 0.2) is 0 Å². The molecular formula is C19H21BrClN3O. The molecule has 6 heteroatoms. The summed E-state index contributed by atoms with van der Waals surface area (Å²) in [7, 11) is 0. The molecule has 2 aromatic carbocycles. The van der Waals surface area contributed by atoms with Crippen LogP contribution in [0.25, 0.3) is 0 Å². The van der Waals surface area contributed by atoms with E-state index in [0.717, 1.165) is 42.9 Å². The molecule has 25 heavy (non-hydrogen) atoms. The first kappa shape index (κ1) is 18.2. The van der Waals surface area contributed by atoms with Crippen molar-refractivity contribution < 1.29 is 4.79 Å². The van der Waals surface area contributed by atoms with Crippen LogP contribution in [0, 0.1) is 0 Å². The van der Waals surface area contributed by atoms with E-state index in [0.29, 0.717) is 16.3 Å². The molecule has 0 saturated carbocycles. The van der Waals surface area contributed by atoms with Crippen molar-refractivity contribution in [3.05, 3.63) is 57.5 Å². The summed E-state index contributed by atoms with van der Waals surface area (Å²) >= 11 is 9.84. The van der Waals surface area contributed by atoms with Gasteiger partial charge in [-0.3, -0.25) is 4.79 Å². The Kier molecular flexibility index (Phi) is 5.99. The minimum Gasteiger partial charge on any atom is -0.368 e. The fraction of sp³-hybridized carbons (Fsp3) is 0.316. The van der Waals surface area contributed by atoms with E-state index in [2.05, 4.69) is 38.0 Å². The van der Waals surface area contributed by atoms with E-state index in [1.807, 2.05) is 30.3 Å². The van der Waals surface area contributed by atoms with Gasteiger partial charge in [-0.05, 0) is 49.0 Å². The average Bonchev–Trinajstić information content (AvgIpc) is 2.62. The van der Waals surface area contributed by atoms with Crippen molar-refractivity contribution in [3.63, 3.8) is 0 Å². The molecule has 0 atom stereocenters. The summed E-state index contributed by atoms with van der Waals surface area (Å²) < 4.78 is 0.944. The second-order valence-electron chi connectivity index (χ2n) is 6.05. The molecule has 1 heterocycles. The zero-order valence-corrected chi connectivity index (χ0v) is 16.5. The lowest BCUT2D eigenvalue weighted by Crippen LogP contribution is -2.46. The zero-order valence-electron chi connectivity index (χ0n) is 14.1. The molecule has 4 nitrogen and oxygen atoms in total. The van der Waals surface area contributed by atoms with Gasteiger partial charge in [0.2, 0.25) is 0 Å². The van der Waals surface area contributed by atoms with E-state index in [4.69, 9.17) is 11.6 Å². The highest BCUT2D eigenvalue weighted by Crippen LogP contribution is 2.30. The quantitative estimate of drug-likeness (QED) is 0.788. The Balaban J connectivity index is 1.67. The predicted molar refractivity (Wildman–Crippen MR) is 108 cm³/mol. The molecule has 0 unspecified atom stereocenters. The van der Waals surface area contributed by atoms with E-state index < -0.39 is 0 Å². The van der Waals surface area contributed by atoms with Gasteiger partial charge in [-0.1, -0.05) is 34.5 Å². The average molecular weight is 423 g/mol. The summed E-state index contributed by atoms with van der Waals surface area (Å²) in [5, 5.41) is 3.56. The maximum atomic E-state index is 12.3. The normalized spacial score (nSPS) is 15.2. The highest BCUT2D eigenvalue weighted by molar-refractivity contribution is 9.10. The molecular weight excluding hydrogens is 402 g/mol. The number of anilines is 2. The van der Waals surface area contributed by atoms with Gasteiger partial charge in [-0.2, -0.15) is 0 Å². The lowest BCUT2D eigenvalue weighted by Gasteiger charge is -2.36. The number of likely N-dealkylation sites (N-methyl/N-ethyl adjacent to an activating group) is 1. The number of nitrogens with one attached hydrogen (secondary N) is 1. The van der Waals surface area contributed by atoms with Crippen LogP contribution in [0.4, 0.5) is 11.4 Å². The van der Waals surface area contributed by atoms with Crippen LogP contribution in [0.1, 0.15) is 17.3 Å². The number of rotatable bonds is 4. The van der Waals surface area contributed by atoms with Crippen molar-refractivity contribution in [1.29, 1.82) is 0 Å². The number of halogens is 2. The van der Waals surface area contributed by atoms with Gasteiger partial charge in [0.25, 0.3) is 5.91 Å². The second-order valence-corrected chi connectivity index (χ2v) is 7.37. The molecule has 0 aliphatic carbocycles. The molecule has 0 bridgehead atoms. The Hall–Kier alpha value is -1.56. The Morgan fingerprint density at radius 3 is 2.40 bits per heavy atom. The highest BCUT2D eigenvalue weighted by Gasteiger charge is 2.18. The minimum absolute atomic E-state index is 0.145. The first-order valence-electron chi connectivity index (χ1n) is 8.40. The van der Waals surface area contributed by atoms with Gasteiger partial charge < -0.3 is 15.1 Å². The smallest absolute Gasteiger partial charge is 0.255 e. The van der Waals surface area contributed by atoms with Gasteiger partial charge in [0.05, 0.1) is 10.7 Å². The van der Waals surface area contributed by atoms with Crippen molar-refractivity contribution in [3.8, 4) is 0 Å². The molecule has 0 aromatic heterocycles. The Bertz CT molecular complexity index is 743. The summed E-state index contributed by atoms with van der Waals surface area (Å²) in [5.74, 6) is -0.145. The van der Waals surface area contributed by atoms with Crippen molar-refractivity contribution in [2.24, 2.45) is 0 Å². The van der Waals surface area contributed by atoms with E-state index >= 15 is 0 Å². The van der Waals surface area contributed by atoms with Crippen LogP contribution in [0.2, 0.25) is 5.02 Å². The van der Waals surface area contributed by atoms with Gasteiger partial charge in [0.1, 0.15) is 0 Å². The molecule has 1 fully saturated rings. The molecule has 0 spiro atoms. The van der Waals surface area contributed by atoms with Crippen LogP contribution in [0.15, 0.2) is 46.9 Å².